The van der Waals surface area contributed by atoms with Crippen LogP contribution in [-0.4, -0.2) is 69.2 Å². The van der Waals surface area contributed by atoms with Gasteiger partial charge < -0.3 is 15.0 Å². The fourth-order valence-electron chi connectivity index (χ4n) is 3.00. The van der Waals surface area contributed by atoms with Crippen LogP contribution < -0.4 is 5.32 Å². The molecule has 1 aromatic rings. The van der Waals surface area contributed by atoms with Crippen LogP contribution >= 0.6 is 11.3 Å². The zero-order valence-electron chi connectivity index (χ0n) is 16.2. The molecule has 0 spiro atoms. The van der Waals surface area contributed by atoms with Crippen molar-refractivity contribution < 1.29 is 4.74 Å². The SMILES string of the molecule is CCN(CC)C(CNC(=NC)N(C)CCOCC1CC1)c1ccsc1. The number of hydrogen-bond donors (Lipinski definition) is 1. The van der Waals surface area contributed by atoms with Crippen molar-refractivity contribution in [1.82, 2.24) is 15.1 Å². The highest BCUT2D eigenvalue weighted by Gasteiger charge is 2.21. The van der Waals surface area contributed by atoms with E-state index >= 15 is 0 Å². The molecule has 1 atom stereocenters. The Morgan fingerprint density at radius 2 is 2.16 bits per heavy atom. The van der Waals surface area contributed by atoms with Crippen molar-refractivity contribution in [2.75, 3.05) is 53.5 Å². The maximum absolute atomic E-state index is 5.75. The van der Waals surface area contributed by atoms with E-state index < -0.39 is 0 Å². The summed E-state index contributed by atoms with van der Waals surface area (Å²) in [5.74, 6) is 1.76. The number of likely N-dealkylation sites (N-methyl/N-ethyl adjacent to an activating group) is 2. The number of aliphatic imine (C=N–C) groups is 1. The summed E-state index contributed by atoms with van der Waals surface area (Å²) >= 11 is 1.76. The second-order valence-corrected chi connectivity index (χ2v) is 7.44. The van der Waals surface area contributed by atoms with Crippen molar-refractivity contribution >= 4 is 17.3 Å². The van der Waals surface area contributed by atoms with E-state index in [1.165, 1.54) is 18.4 Å². The van der Waals surface area contributed by atoms with Crippen molar-refractivity contribution in [2.45, 2.75) is 32.7 Å². The average Bonchev–Trinajstić information content (AvgIpc) is 3.29. The number of guanidine groups is 1. The third-order valence-electron chi connectivity index (χ3n) is 4.83. The molecule has 1 heterocycles. The lowest BCUT2D eigenvalue weighted by molar-refractivity contribution is 0.115. The predicted octanol–water partition coefficient (Wildman–Crippen LogP) is 3.06. The first-order chi connectivity index (χ1) is 12.2. The molecule has 1 unspecified atom stereocenters. The minimum atomic E-state index is 0.373. The minimum absolute atomic E-state index is 0.373. The van der Waals surface area contributed by atoms with Crippen molar-refractivity contribution in [3.63, 3.8) is 0 Å². The van der Waals surface area contributed by atoms with Gasteiger partial charge >= 0.3 is 0 Å². The van der Waals surface area contributed by atoms with Crippen molar-refractivity contribution in [3.05, 3.63) is 22.4 Å². The fourth-order valence-corrected chi connectivity index (χ4v) is 3.71. The third-order valence-corrected chi connectivity index (χ3v) is 5.53. The van der Waals surface area contributed by atoms with E-state index in [0.717, 1.165) is 51.3 Å². The lowest BCUT2D eigenvalue weighted by atomic mass is 10.1. The topological polar surface area (TPSA) is 40.1 Å². The van der Waals surface area contributed by atoms with Gasteiger partial charge in [-0.05, 0) is 54.2 Å². The average molecular weight is 367 g/mol. The summed E-state index contributed by atoms with van der Waals surface area (Å²) in [7, 11) is 3.92. The molecule has 0 bridgehead atoms. The van der Waals surface area contributed by atoms with Crippen LogP contribution in [-0.2, 0) is 4.74 Å². The summed E-state index contributed by atoms with van der Waals surface area (Å²) in [4.78, 5) is 9.08. The first kappa shape index (κ1) is 20.2. The maximum atomic E-state index is 5.75. The van der Waals surface area contributed by atoms with Crippen LogP contribution in [0.15, 0.2) is 21.8 Å². The summed E-state index contributed by atoms with van der Waals surface area (Å²) in [5.41, 5.74) is 1.38. The normalized spacial score (nSPS) is 16.3. The summed E-state index contributed by atoms with van der Waals surface area (Å²) in [6.45, 7) is 9.94. The van der Waals surface area contributed by atoms with Gasteiger partial charge in [0, 0.05) is 33.8 Å². The van der Waals surface area contributed by atoms with Gasteiger partial charge in [-0.25, -0.2) is 0 Å². The minimum Gasteiger partial charge on any atom is -0.379 e. The molecule has 1 aliphatic rings. The Labute approximate surface area is 157 Å². The Balaban J connectivity index is 1.83. The van der Waals surface area contributed by atoms with Crippen LogP contribution in [0, 0.1) is 5.92 Å². The molecule has 1 aromatic heterocycles. The van der Waals surface area contributed by atoms with Gasteiger partial charge in [-0.2, -0.15) is 11.3 Å². The smallest absolute Gasteiger partial charge is 0.193 e. The van der Waals surface area contributed by atoms with E-state index in [1.807, 2.05) is 7.05 Å². The van der Waals surface area contributed by atoms with E-state index in [2.05, 4.69) is 57.8 Å². The van der Waals surface area contributed by atoms with E-state index in [9.17, 15) is 0 Å². The first-order valence-corrected chi connectivity index (χ1v) is 10.4. The molecular weight excluding hydrogens is 332 g/mol. The number of ether oxygens (including phenoxy) is 1. The molecule has 0 aromatic carbocycles. The highest BCUT2D eigenvalue weighted by Crippen LogP contribution is 2.28. The van der Waals surface area contributed by atoms with Crippen LogP contribution in [0.3, 0.4) is 0 Å². The molecule has 1 saturated carbocycles. The summed E-state index contributed by atoms with van der Waals surface area (Å²) < 4.78 is 5.75. The maximum Gasteiger partial charge on any atom is 0.193 e. The summed E-state index contributed by atoms with van der Waals surface area (Å²) in [6.07, 6.45) is 2.68. The van der Waals surface area contributed by atoms with Gasteiger partial charge in [0.05, 0.1) is 12.6 Å². The van der Waals surface area contributed by atoms with Crippen LogP contribution in [0.25, 0.3) is 0 Å². The number of hydrogen-bond acceptors (Lipinski definition) is 4. The molecule has 0 aliphatic heterocycles. The zero-order chi connectivity index (χ0) is 18.1. The van der Waals surface area contributed by atoms with Crippen molar-refractivity contribution in [1.29, 1.82) is 0 Å². The predicted molar refractivity (Wildman–Crippen MR) is 108 cm³/mol. The Kier molecular flexibility index (Phi) is 8.72. The zero-order valence-corrected chi connectivity index (χ0v) is 17.0. The lowest BCUT2D eigenvalue weighted by Gasteiger charge is -2.31. The molecule has 5 nitrogen and oxygen atoms in total. The van der Waals surface area contributed by atoms with E-state index in [-0.39, 0.29) is 0 Å². The quantitative estimate of drug-likeness (QED) is 0.371. The fraction of sp³-hybridized carbons (Fsp3) is 0.737. The number of thiophene rings is 1. The Morgan fingerprint density at radius 3 is 2.72 bits per heavy atom. The van der Waals surface area contributed by atoms with E-state index in [4.69, 9.17) is 4.74 Å². The van der Waals surface area contributed by atoms with Gasteiger partial charge in [0.2, 0.25) is 0 Å². The van der Waals surface area contributed by atoms with Gasteiger partial charge in [-0.15, -0.1) is 0 Å². The van der Waals surface area contributed by atoms with Crippen LogP contribution in [0.1, 0.15) is 38.3 Å². The molecule has 0 saturated heterocycles. The highest BCUT2D eigenvalue weighted by atomic mass is 32.1. The second-order valence-electron chi connectivity index (χ2n) is 6.66. The van der Waals surface area contributed by atoms with Crippen molar-refractivity contribution in [2.24, 2.45) is 10.9 Å². The van der Waals surface area contributed by atoms with E-state index in [0.29, 0.717) is 6.04 Å². The molecule has 6 heteroatoms. The molecule has 25 heavy (non-hydrogen) atoms. The highest BCUT2D eigenvalue weighted by molar-refractivity contribution is 7.07. The molecule has 0 radical (unpaired) electrons. The van der Waals surface area contributed by atoms with Gasteiger partial charge in [-0.1, -0.05) is 13.8 Å². The Bertz CT molecular complexity index is 498. The molecular formula is C19H34N4OS. The van der Waals surface area contributed by atoms with Gasteiger partial charge in [0.1, 0.15) is 0 Å². The van der Waals surface area contributed by atoms with Gasteiger partial charge in [0.15, 0.2) is 5.96 Å². The second kappa shape index (κ2) is 10.8. The number of nitrogens with one attached hydrogen (secondary N) is 1. The van der Waals surface area contributed by atoms with Gasteiger partial charge in [0.25, 0.3) is 0 Å². The van der Waals surface area contributed by atoms with Crippen molar-refractivity contribution in [3.8, 4) is 0 Å². The molecule has 2 rings (SSSR count). The summed E-state index contributed by atoms with van der Waals surface area (Å²) in [5, 5.41) is 7.96. The van der Waals surface area contributed by atoms with Crippen LogP contribution in [0.2, 0.25) is 0 Å². The van der Waals surface area contributed by atoms with Crippen LogP contribution in [0.4, 0.5) is 0 Å². The monoisotopic (exact) mass is 366 g/mol. The lowest BCUT2D eigenvalue weighted by Crippen LogP contribution is -2.44. The Hall–Kier alpha value is -1.11. The molecule has 0 amide bonds. The van der Waals surface area contributed by atoms with Gasteiger partial charge in [-0.3, -0.25) is 9.89 Å². The first-order valence-electron chi connectivity index (χ1n) is 9.45. The largest absolute Gasteiger partial charge is 0.379 e. The standard InChI is InChI=1S/C19H34N4OS/c1-5-23(6-2)18(17-9-12-25-15-17)13-21-19(20-3)22(4)10-11-24-14-16-7-8-16/h9,12,15-16,18H,5-8,10-11,13-14H2,1-4H3,(H,20,21). The van der Waals surface area contributed by atoms with E-state index in [1.54, 1.807) is 11.3 Å². The summed E-state index contributed by atoms with van der Waals surface area (Å²) in [6, 6.07) is 2.60. The Morgan fingerprint density at radius 1 is 1.40 bits per heavy atom. The molecule has 142 valence electrons. The number of nitrogens with zero attached hydrogens (tertiary/aromatic N) is 3. The molecule has 1 fully saturated rings. The molecule has 1 N–H and O–H groups in total. The van der Waals surface area contributed by atoms with Crippen LogP contribution in [0.5, 0.6) is 0 Å². The molecule has 1 aliphatic carbocycles. The number of rotatable bonds is 11. The third kappa shape index (κ3) is 6.60.